The molecule has 1 aromatic heterocycles. The summed E-state index contributed by atoms with van der Waals surface area (Å²) in [4.78, 5) is 17.3. The summed E-state index contributed by atoms with van der Waals surface area (Å²) in [5.41, 5.74) is 7.51. The Hall–Kier alpha value is -2.34. The molecular formula is C21H33Cl2N5O5. The van der Waals surface area contributed by atoms with E-state index in [-0.39, 0.29) is 36.1 Å². The van der Waals surface area contributed by atoms with Crippen LogP contribution in [0.25, 0.3) is 0 Å². The van der Waals surface area contributed by atoms with Crippen molar-refractivity contribution in [3.63, 3.8) is 0 Å². The molecule has 0 radical (unpaired) electrons. The van der Waals surface area contributed by atoms with Gasteiger partial charge >= 0.3 is 6.09 Å². The molecule has 2 heterocycles. The number of morpholine rings is 1. The zero-order chi connectivity index (χ0) is 21.2. The van der Waals surface area contributed by atoms with Crippen LogP contribution in [0.3, 0.4) is 0 Å². The monoisotopic (exact) mass is 505 g/mol. The molecule has 10 nitrogen and oxygen atoms in total. The van der Waals surface area contributed by atoms with Crippen LogP contribution >= 0.6 is 0 Å². The Balaban J connectivity index is 0.00000341. The second kappa shape index (κ2) is 16.3. The number of carbonyl (C=O) groups excluding carboxylic acids is 1. The minimum atomic E-state index is -0.545. The van der Waals surface area contributed by atoms with Gasteiger partial charge in [-0.15, -0.1) is 0 Å². The van der Waals surface area contributed by atoms with Gasteiger partial charge in [0.25, 0.3) is 0 Å². The van der Waals surface area contributed by atoms with E-state index < -0.39 is 6.09 Å². The number of nitrogens with zero attached hydrogens (tertiary/aromatic N) is 1. The second-order valence-electron chi connectivity index (χ2n) is 7.03. The number of carbonyl (C=O) groups is 1. The second-order valence-corrected chi connectivity index (χ2v) is 7.03. The number of ether oxygens (including phenoxy) is 3. The maximum Gasteiger partial charge on any atom is 0.411 e. The van der Waals surface area contributed by atoms with Crippen LogP contribution in [0, 0.1) is 0 Å². The molecule has 1 aliphatic heterocycles. The fourth-order valence-electron chi connectivity index (χ4n) is 3.15. The lowest BCUT2D eigenvalue weighted by molar-refractivity contribution is -0.908. The zero-order valence-corrected chi connectivity index (χ0v) is 20.1. The Morgan fingerprint density at radius 2 is 1.88 bits per heavy atom. The predicted octanol–water partition coefficient (Wildman–Crippen LogP) is -6.90. The average molecular weight is 506 g/mol. The molecule has 8 N–H and O–H groups in total. The molecule has 1 amide bonds. The summed E-state index contributed by atoms with van der Waals surface area (Å²) in [5.74, 6) is 1.88. The molecule has 1 fully saturated rings. The highest BCUT2D eigenvalue weighted by atomic mass is 35.5. The van der Waals surface area contributed by atoms with Crippen molar-refractivity contribution in [2.24, 2.45) is 0 Å². The number of anilines is 2. The number of nitrogens with two attached hydrogens (primary N) is 2. The summed E-state index contributed by atoms with van der Waals surface area (Å²) in [5, 5.41) is 4.56. The summed E-state index contributed by atoms with van der Waals surface area (Å²) < 4.78 is 16.1. The highest BCUT2D eigenvalue weighted by Crippen LogP contribution is 2.17. The van der Waals surface area contributed by atoms with Crippen molar-refractivity contribution in [1.82, 2.24) is 4.98 Å². The first-order valence-corrected chi connectivity index (χ1v) is 10.3. The maximum absolute atomic E-state index is 11.5. The standard InChI is InChI=1S/C21H29N5O4.2ClH.H2O/c1-2-29-21(27)24-18-7-8-19(25-20(18)22)23-15-16-3-5-17(6-4-16)30-14-11-26-9-12-28-13-10-26;;;/h3-8H,2,9-15H2,1H3,(H,24,27)(H3,22,23,25);2*1H;1H2. The molecule has 2 aromatic rings. The number of aromatic nitrogens is 1. The van der Waals surface area contributed by atoms with Crippen LogP contribution < -0.4 is 50.8 Å². The minimum Gasteiger partial charge on any atom is -1.00 e. The van der Waals surface area contributed by atoms with Gasteiger partial charge in [0.05, 0.1) is 25.5 Å². The average Bonchev–Trinajstić information content (AvgIpc) is 2.76. The molecule has 3 rings (SSSR count). The number of amides is 1. The molecule has 186 valence electrons. The quantitative estimate of drug-likeness (QED) is 0.266. The molecule has 0 unspecified atom stereocenters. The van der Waals surface area contributed by atoms with Gasteiger partial charge in [0, 0.05) is 11.6 Å². The number of rotatable bonds is 9. The van der Waals surface area contributed by atoms with E-state index in [4.69, 9.17) is 19.9 Å². The molecule has 1 aliphatic rings. The van der Waals surface area contributed by atoms with Crippen molar-refractivity contribution >= 4 is 23.4 Å². The van der Waals surface area contributed by atoms with Gasteiger partial charge in [-0.25, -0.2) is 4.79 Å². The summed E-state index contributed by atoms with van der Waals surface area (Å²) >= 11 is 0. The van der Waals surface area contributed by atoms with E-state index in [0.29, 0.717) is 18.9 Å². The van der Waals surface area contributed by atoms with Gasteiger partial charge in [0.1, 0.15) is 38.5 Å². The zero-order valence-electron chi connectivity index (χ0n) is 18.6. The lowest BCUT2D eigenvalue weighted by Gasteiger charge is -2.23. The van der Waals surface area contributed by atoms with Crippen LogP contribution in [0.1, 0.15) is 12.5 Å². The van der Waals surface area contributed by atoms with Crippen LogP contribution in [0.4, 0.5) is 22.1 Å². The van der Waals surface area contributed by atoms with E-state index in [9.17, 15) is 4.79 Å². The van der Waals surface area contributed by atoms with Crippen LogP contribution in [-0.2, 0) is 16.0 Å². The number of hydrogen-bond acceptors (Lipinski definition) is 6. The van der Waals surface area contributed by atoms with Crippen LogP contribution in [0.5, 0.6) is 5.75 Å². The van der Waals surface area contributed by atoms with Crippen molar-refractivity contribution < 1.29 is 59.5 Å². The molecular weight excluding hydrogens is 473 g/mol. The lowest BCUT2D eigenvalue weighted by Crippen LogP contribution is -3.14. The summed E-state index contributed by atoms with van der Waals surface area (Å²) in [6.07, 6.45) is -0.545. The number of nitrogens with one attached hydrogen (secondary N) is 2. The largest absolute Gasteiger partial charge is 1.00 e. The van der Waals surface area contributed by atoms with Gasteiger partial charge in [-0.05, 0) is 37.3 Å². The lowest BCUT2D eigenvalue weighted by atomic mass is 10.2. The normalized spacial score (nSPS) is 13.0. The van der Waals surface area contributed by atoms with E-state index in [1.807, 2.05) is 35.6 Å². The fraction of sp³-hybridized carbons (Fsp3) is 0.429. The Morgan fingerprint density at radius 3 is 2.52 bits per heavy atom. The topological polar surface area (TPSA) is 148 Å². The summed E-state index contributed by atoms with van der Waals surface area (Å²) in [6.45, 7) is 8.23. The Morgan fingerprint density at radius 1 is 1.18 bits per heavy atom. The molecule has 12 heteroatoms. The number of quaternary nitrogens is 2. The molecule has 0 aliphatic carbocycles. The number of hydrogen-bond donors (Lipinski definition) is 4. The number of nitrogen functional groups attached to an aromatic ring is 1. The van der Waals surface area contributed by atoms with Crippen molar-refractivity contribution in [1.29, 1.82) is 0 Å². The Bertz CT molecular complexity index is 823. The van der Waals surface area contributed by atoms with Crippen molar-refractivity contribution in [2.45, 2.75) is 13.5 Å². The van der Waals surface area contributed by atoms with Crippen molar-refractivity contribution in [2.75, 3.05) is 57.1 Å². The third kappa shape index (κ3) is 10.4. The first-order chi connectivity index (χ1) is 14.6. The molecule has 0 spiro atoms. The summed E-state index contributed by atoms with van der Waals surface area (Å²) in [6, 6.07) is 11.6. The van der Waals surface area contributed by atoms with Crippen LogP contribution in [0.15, 0.2) is 36.4 Å². The first-order valence-electron chi connectivity index (χ1n) is 10.3. The van der Waals surface area contributed by atoms with E-state index in [0.717, 1.165) is 56.5 Å². The van der Waals surface area contributed by atoms with E-state index in [1.165, 1.54) is 4.90 Å². The van der Waals surface area contributed by atoms with Gasteiger partial charge in [-0.3, -0.25) is 10.6 Å². The van der Waals surface area contributed by atoms with Crippen LogP contribution in [0.2, 0.25) is 0 Å². The molecule has 0 bridgehead atoms. The molecule has 0 atom stereocenters. The molecule has 1 saturated heterocycles. The number of benzene rings is 1. The van der Waals surface area contributed by atoms with Gasteiger partial charge < -0.3 is 55.1 Å². The van der Waals surface area contributed by atoms with E-state index >= 15 is 0 Å². The molecule has 33 heavy (non-hydrogen) atoms. The molecule has 0 saturated carbocycles. The third-order valence-corrected chi connectivity index (χ3v) is 4.85. The fourth-order valence-corrected chi connectivity index (χ4v) is 3.15. The van der Waals surface area contributed by atoms with Crippen molar-refractivity contribution in [3.8, 4) is 5.75 Å². The van der Waals surface area contributed by atoms with Gasteiger partial charge in [0.15, 0.2) is 5.82 Å². The summed E-state index contributed by atoms with van der Waals surface area (Å²) in [7, 11) is 0. The number of pyridine rings is 1. The van der Waals surface area contributed by atoms with Crippen molar-refractivity contribution in [3.05, 3.63) is 42.0 Å². The molecule has 1 aromatic carbocycles. The van der Waals surface area contributed by atoms with E-state index in [2.05, 4.69) is 10.3 Å². The SMILES string of the molecule is CCOC(=O)Nc1ccc([NH2+]Cc2ccc(OCC[NH+]3CCOCC3)cc2)nc1N.O.[Cl-].[Cl-]. The highest BCUT2D eigenvalue weighted by molar-refractivity contribution is 5.88. The third-order valence-electron chi connectivity index (χ3n) is 4.85. The Labute approximate surface area is 206 Å². The smallest absolute Gasteiger partial charge is 0.411 e. The first kappa shape index (κ1) is 30.7. The minimum absolute atomic E-state index is 0. The Kier molecular flexibility index (Phi) is 15.1. The number of halogens is 2. The predicted molar refractivity (Wildman–Crippen MR) is 117 cm³/mol. The van der Waals surface area contributed by atoms with Gasteiger partial charge in [-0.1, -0.05) is 0 Å². The van der Waals surface area contributed by atoms with Gasteiger partial charge in [0.2, 0.25) is 5.82 Å². The van der Waals surface area contributed by atoms with E-state index in [1.54, 1.807) is 13.0 Å². The maximum atomic E-state index is 11.5. The van der Waals surface area contributed by atoms with Crippen LogP contribution in [-0.4, -0.2) is 62.6 Å². The van der Waals surface area contributed by atoms with Gasteiger partial charge in [-0.2, -0.15) is 4.98 Å². The highest BCUT2D eigenvalue weighted by Gasteiger charge is 2.13.